The van der Waals surface area contributed by atoms with Crippen LogP contribution in [0.3, 0.4) is 0 Å². The predicted octanol–water partition coefficient (Wildman–Crippen LogP) is 1.74. The van der Waals surface area contributed by atoms with E-state index in [1.54, 1.807) is 24.3 Å². The standard InChI is InChI=1S/C13H11N3O3S/c1-7(13(18)19)20-10(6-14)11-15-9-5-3-2-4-8(9)12(17)16-11/h2-5,7,15H,1H3,(H,16,17)(H,18,19)/b11-10-. The molecule has 1 amide bonds. The molecule has 0 radical (unpaired) electrons. The van der Waals surface area contributed by atoms with E-state index >= 15 is 0 Å². The summed E-state index contributed by atoms with van der Waals surface area (Å²) in [5, 5.41) is 22.7. The average Bonchev–Trinajstić information content (AvgIpc) is 2.44. The van der Waals surface area contributed by atoms with E-state index in [4.69, 9.17) is 10.4 Å². The molecule has 7 heteroatoms. The van der Waals surface area contributed by atoms with Crippen LogP contribution in [0.2, 0.25) is 0 Å². The third-order valence-electron chi connectivity index (χ3n) is 2.64. The number of nitrogens with one attached hydrogen (secondary N) is 2. The normalized spacial score (nSPS) is 17.1. The number of nitrogens with zero attached hydrogens (tertiary/aromatic N) is 1. The monoisotopic (exact) mass is 289 g/mol. The minimum absolute atomic E-state index is 0.128. The van der Waals surface area contributed by atoms with E-state index in [0.717, 1.165) is 11.8 Å². The van der Waals surface area contributed by atoms with Crippen LogP contribution in [0, 0.1) is 11.3 Å². The van der Waals surface area contributed by atoms with Crippen molar-refractivity contribution in [3.8, 4) is 6.07 Å². The number of thioether (sulfide) groups is 1. The maximum atomic E-state index is 11.9. The van der Waals surface area contributed by atoms with Crippen LogP contribution >= 0.6 is 11.8 Å². The molecular weight excluding hydrogens is 278 g/mol. The van der Waals surface area contributed by atoms with Gasteiger partial charge in [-0.2, -0.15) is 5.26 Å². The van der Waals surface area contributed by atoms with Gasteiger partial charge in [-0.25, -0.2) is 0 Å². The molecule has 6 nitrogen and oxygen atoms in total. The Labute approximate surface area is 119 Å². The number of anilines is 1. The minimum atomic E-state index is -1.02. The first-order valence-corrected chi connectivity index (χ1v) is 6.62. The number of hydrogen-bond acceptors (Lipinski definition) is 5. The van der Waals surface area contributed by atoms with Gasteiger partial charge in [0.15, 0.2) is 0 Å². The first-order chi connectivity index (χ1) is 9.52. The second-order valence-corrected chi connectivity index (χ2v) is 5.39. The van der Waals surface area contributed by atoms with Crippen LogP contribution in [0.5, 0.6) is 0 Å². The van der Waals surface area contributed by atoms with Gasteiger partial charge in [0, 0.05) is 0 Å². The summed E-state index contributed by atoms with van der Waals surface area (Å²) >= 11 is 0.878. The van der Waals surface area contributed by atoms with Crippen molar-refractivity contribution in [2.45, 2.75) is 12.2 Å². The fourth-order valence-corrected chi connectivity index (χ4v) is 2.35. The molecule has 1 aromatic rings. The van der Waals surface area contributed by atoms with Crippen LogP contribution in [0.4, 0.5) is 5.69 Å². The number of para-hydroxylation sites is 1. The fourth-order valence-electron chi connectivity index (χ4n) is 1.62. The number of carbonyl (C=O) groups is 2. The Kier molecular flexibility index (Phi) is 3.96. The third kappa shape index (κ3) is 2.75. The number of carboxylic acid groups (broad SMARTS) is 1. The number of carboxylic acids is 1. The molecule has 0 aliphatic carbocycles. The molecule has 102 valence electrons. The Morgan fingerprint density at radius 1 is 1.40 bits per heavy atom. The molecule has 0 saturated carbocycles. The first kappa shape index (κ1) is 14.0. The summed E-state index contributed by atoms with van der Waals surface area (Å²) in [5.41, 5.74) is 1.06. The van der Waals surface area contributed by atoms with Gasteiger partial charge in [-0.3, -0.25) is 9.59 Å². The predicted molar refractivity (Wildman–Crippen MR) is 74.9 cm³/mol. The molecule has 3 N–H and O–H groups in total. The second kappa shape index (κ2) is 5.67. The number of aliphatic carboxylic acids is 1. The largest absolute Gasteiger partial charge is 0.480 e. The van der Waals surface area contributed by atoms with Gasteiger partial charge >= 0.3 is 5.97 Å². The van der Waals surface area contributed by atoms with Crippen molar-refractivity contribution in [3.63, 3.8) is 0 Å². The van der Waals surface area contributed by atoms with Crippen LogP contribution in [0.15, 0.2) is 35.0 Å². The molecule has 20 heavy (non-hydrogen) atoms. The molecule has 0 saturated heterocycles. The lowest BCUT2D eigenvalue weighted by atomic mass is 10.1. The molecular formula is C13H11N3O3S. The van der Waals surface area contributed by atoms with Gasteiger partial charge in [-0.05, 0) is 19.1 Å². The number of fused-ring (bicyclic) bond motifs is 1. The fraction of sp³-hybridized carbons (Fsp3) is 0.154. The van der Waals surface area contributed by atoms with E-state index in [0.29, 0.717) is 11.3 Å². The van der Waals surface area contributed by atoms with Crippen LogP contribution in [-0.2, 0) is 4.79 Å². The van der Waals surface area contributed by atoms with Gasteiger partial charge in [0.1, 0.15) is 22.0 Å². The molecule has 1 aromatic carbocycles. The Balaban J connectivity index is 2.33. The summed E-state index contributed by atoms with van der Waals surface area (Å²) < 4.78 is 0. The highest BCUT2D eigenvalue weighted by Crippen LogP contribution is 2.28. The van der Waals surface area contributed by atoms with Gasteiger partial charge in [0.05, 0.1) is 11.3 Å². The van der Waals surface area contributed by atoms with Crippen molar-refractivity contribution >= 4 is 29.3 Å². The van der Waals surface area contributed by atoms with Gasteiger partial charge < -0.3 is 15.7 Å². The highest BCUT2D eigenvalue weighted by molar-refractivity contribution is 8.04. The number of amides is 1. The summed E-state index contributed by atoms with van der Waals surface area (Å²) in [4.78, 5) is 22.9. The molecule has 0 bridgehead atoms. The number of carbonyl (C=O) groups excluding carboxylic acids is 1. The Hall–Kier alpha value is -2.46. The SMILES string of the molecule is CC(S/C(C#N)=C1\NC(=O)c2ccccc2N1)C(=O)O. The zero-order valence-corrected chi connectivity index (χ0v) is 11.3. The average molecular weight is 289 g/mol. The zero-order chi connectivity index (χ0) is 14.7. The molecule has 0 aromatic heterocycles. The zero-order valence-electron chi connectivity index (χ0n) is 10.5. The molecule has 1 atom stereocenters. The van der Waals surface area contributed by atoms with Crippen LogP contribution in [0.25, 0.3) is 0 Å². The first-order valence-electron chi connectivity index (χ1n) is 5.74. The summed E-state index contributed by atoms with van der Waals surface area (Å²) in [5.74, 6) is -1.13. The van der Waals surface area contributed by atoms with Crippen molar-refractivity contribution in [2.75, 3.05) is 5.32 Å². The second-order valence-electron chi connectivity index (χ2n) is 4.04. The number of benzene rings is 1. The summed E-state index contributed by atoms with van der Waals surface area (Å²) in [6, 6.07) is 8.79. The van der Waals surface area contributed by atoms with E-state index in [1.807, 2.05) is 6.07 Å². The van der Waals surface area contributed by atoms with Crippen molar-refractivity contribution in [3.05, 3.63) is 40.6 Å². The maximum absolute atomic E-state index is 11.9. The van der Waals surface area contributed by atoms with E-state index in [2.05, 4.69) is 10.6 Å². The molecule has 1 unspecified atom stereocenters. The Morgan fingerprint density at radius 3 is 2.75 bits per heavy atom. The summed E-state index contributed by atoms with van der Waals surface area (Å²) in [6.07, 6.45) is 0. The molecule has 0 spiro atoms. The Morgan fingerprint density at radius 2 is 2.10 bits per heavy atom. The summed E-state index contributed by atoms with van der Waals surface area (Å²) in [6.45, 7) is 1.48. The van der Waals surface area contributed by atoms with Crippen LogP contribution in [0.1, 0.15) is 17.3 Å². The van der Waals surface area contributed by atoms with Gasteiger partial charge in [-0.15, -0.1) is 0 Å². The number of allylic oxidation sites excluding steroid dienone is 1. The number of hydrogen-bond donors (Lipinski definition) is 3. The van der Waals surface area contributed by atoms with Crippen LogP contribution < -0.4 is 10.6 Å². The topological polar surface area (TPSA) is 102 Å². The lowest BCUT2D eigenvalue weighted by Crippen LogP contribution is -2.33. The van der Waals surface area contributed by atoms with E-state index in [1.165, 1.54) is 6.92 Å². The van der Waals surface area contributed by atoms with Crippen molar-refractivity contribution in [1.29, 1.82) is 5.26 Å². The van der Waals surface area contributed by atoms with E-state index < -0.39 is 11.2 Å². The smallest absolute Gasteiger partial charge is 0.316 e. The Bertz CT molecular complexity index is 649. The highest BCUT2D eigenvalue weighted by Gasteiger charge is 2.24. The van der Waals surface area contributed by atoms with Crippen LogP contribution in [-0.4, -0.2) is 22.2 Å². The summed E-state index contributed by atoms with van der Waals surface area (Å²) in [7, 11) is 0. The molecule has 1 aliphatic rings. The van der Waals surface area contributed by atoms with Crippen molar-refractivity contribution < 1.29 is 14.7 Å². The highest BCUT2D eigenvalue weighted by atomic mass is 32.2. The molecule has 1 aliphatic heterocycles. The lowest BCUT2D eigenvalue weighted by Gasteiger charge is -2.22. The molecule has 0 fully saturated rings. The quantitative estimate of drug-likeness (QED) is 0.732. The van der Waals surface area contributed by atoms with Gasteiger partial charge in [0.2, 0.25) is 0 Å². The van der Waals surface area contributed by atoms with Gasteiger partial charge in [-0.1, -0.05) is 23.9 Å². The van der Waals surface area contributed by atoms with Gasteiger partial charge in [0.25, 0.3) is 5.91 Å². The van der Waals surface area contributed by atoms with E-state index in [-0.39, 0.29) is 16.6 Å². The van der Waals surface area contributed by atoms with Crippen molar-refractivity contribution in [2.24, 2.45) is 0 Å². The van der Waals surface area contributed by atoms with Crippen molar-refractivity contribution in [1.82, 2.24) is 5.32 Å². The minimum Gasteiger partial charge on any atom is -0.480 e. The maximum Gasteiger partial charge on any atom is 0.316 e. The number of rotatable bonds is 3. The number of nitriles is 1. The van der Waals surface area contributed by atoms with E-state index in [9.17, 15) is 9.59 Å². The third-order valence-corrected chi connectivity index (χ3v) is 3.73. The molecule has 1 heterocycles. The molecule has 2 rings (SSSR count). The lowest BCUT2D eigenvalue weighted by molar-refractivity contribution is -0.136.